The highest BCUT2D eigenvalue weighted by Gasteiger charge is 2.24. The maximum absolute atomic E-state index is 14.8. The summed E-state index contributed by atoms with van der Waals surface area (Å²) in [5.74, 6) is -0.105. The van der Waals surface area contributed by atoms with E-state index in [1.807, 2.05) is 0 Å². The third-order valence-electron chi connectivity index (χ3n) is 5.45. The maximum atomic E-state index is 14.8. The molecule has 11 heteroatoms. The number of nitrogens with zero attached hydrogens (tertiary/aromatic N) is 4. The van der Waals surface area contributed by atoms with Crippen molar-refractivity contribution in [2.45, 2.75) is 25.5 Å². The van der Waals surface area contributed by atoms with E-state index in [9.17, 15) is 18.3 Å². The smallest absolute Gasteiger partial charge is 0.387 e. The molecule has 2 aromatic heterocycles. The van der Waals surface area contributed by atoms with E-state index < -0.39 is 12.4 Å². The second kappa shape index (κ2) is 9.61. The van der Waals surface area contributed by atoms with Crippen molar-refractivity contribution in [3.05, 3.63) is 36.3 Å². The number of aromatic nitrogens is 3. The highest BCUT2D eigenvalue weighted by atomic mass is 19.3. The van der Waals surface area contributed by atoms with Gasteiger partial charge in [0.25, 0.3) is 0 Å². The Kier molecular flexibility index (Phi) is 6.66. The summed E-state index contributed by atoms with van der Waals surface area (Å²) in [6.07, 6.45) is 3.35. The third-order valence-corrected chi connectivity index (χ3v) is 5.45. The summed E-state index contributed by atoms with van der Waals surface area (Å²) in [5.41, 5.74) is 0.330. The molecule has 32 heavy (non-hydrogen) atoms. The SMILES string of the molecule is COc1ccc(-c2nnc(N[C@@H]3CCCN(CCO)C3)n3ccc(F)c23)c(OC(F)F)c1. The zero-order chi connectivity index (χ0) is 22.7. The summed E-state index contributed by atoms with van der Waals surface area (Å²) in [7, 11) is 1.40. The summed E-state index contributed by atoms with van der Waals surface area (Å²) in [6.45, 7) is -0.794. The van der Waals surface area contributed by atoms with Crippen LogP contribution in [0.3, 0.4) is 0 Å². The fraction of sp³-hybridized carbons (Fsp3) is 0.429. The van der Waals surface area contributed by atoms with E-state index >= 15 is 0 Å². The summed E-state index contributed by atoms with van der Waals surface area (Å²) < 4.78 is 52.0. The van der Waals surface area contributed by atoms with Gasteiger partial charge < -0.3 is 19.9 Å². The Morgan fingerprint density at radius 1 is 1.28 bits per heavy atom. The highest BCUT2D eigenvalue weighted by molar-refractivity contribution is 5.82. The first kappa shape index (κ1) is 22.2. The Morgan fingerprint density at radius 2 is 2.12 bits per heavy atom. The Hall–Kier alpha value is -3.05. The third kappa shape index (κ3) is 4.58. The van der Waals surface area contributed by atoms with E-state index in [1.54, 1.807) is 6.07 Å². The van der Waals surface area contributed by atoms with Crippen LogP contribution in [-0.4, -0.2) is 70.6 Å². The Bertz CT molecular complexity index is 1080. The van der Waals surface area contributed by atoms with Gasteiger partial charge in [-0.15, -0.1) is 10.2 Å². The number of hydrogen-bond donors (Lipinski definition) is 2. The minimum atomic E-state index is -3.07. The number of likely N-dealkylation sites (tertiary alicyclic amines) is 1. The van der Waals surface area contributed by atoms with Crippen molar-refractivity contribution in [1.29, 1.82) is 0 Å². The first-order chi connectivity index (χ1) is 15.5. The van der Waals surface area contributed by atoms with Crippen LogP contribution < -0.4 is 14.8 Å². The molecule has 0 aliphatic carbocycles. The average Bonchev–Trinajstić information content (AvgIpc) is 3.17. The van der Waals surface area contributed by atoms with Gasteiger partial charge in [-0.3, -0.25) is 9.30 Å². The number of hydrogen-bond acceptors (Lipinski definition) is 7. The molecule has 0 unspecified atom stereocenters. The van der Waals surface area contributed by atoms with Crippen LogP contribution in [0.4, 0.5) is 19.1 Å². The minimum absolute atomic E-state index is 0.0443. The van der Waals surface area contributed by atoms with E-state index in [0.29, 0.717) is 24.8 Å². The summed E-state index contributed by atoms with van der Waals surface area (Å²) in [5, 5.41) is 20.9. The zero-order valence-corrected chi connectivity index (χ0v) is 17.5. The molecule has 8 nitrogen and oxygen atoms in total. The first-order valence-electron chi connectivity index (χ1n) is 10.3. The second-order valence-corrected chi connectivity index (χ2v) is 7.50. The lowest BCUT2D eigenvalue weighted by Crippen LogP contribution is -2.43. The van der Waals surface area contributed by atoms with Crippen LogP contribution in [0, 0.1) is 5.82 Å². The van der Waals surface area contributed by atoms with Crippen LogP contribution in [-0.2, 0) is 0 Å². The highest BCUT2D eigenvalue weighted by Crippen LogP contribution is 2.36. The number of aliphatic hydroxyl groups is 1. The quantitative estimate of drug-likeness (QED) is 0.545. The van der Waals surface area contributed by atoms with Gasteiger partial charge in [0, 0.05) is 37.0 Å². The number of halogens is 3. The Balaban J connectivity index is 1.71. The number of rotatable bonds is 8. The van der Waals surface area contributed by atoms with Crippen LogP contribution >= 0.6 is 0 Å². The largest absolute Gasteiger partial charge is 0.497 e. The number of benzene rings is 1. The Labute approximate surface area is 182 Å². The number of aliphatic hydroxyl groups excluding tert-OH is 1. The molecule has 0 saturated carbocycles. The molecule has 0 spiro atoms. The number of fused-ring (bicyclic) bond motifs is 1. The van der Waals surface area contributed by atoms with Crippen LogP contribution in [0.5, 0.6) is 11.5 Å². The van der Waals surface area contributed by atoms with Gasteiger partial charge in [0.05, 0.1) is 13.7 Å². The van der Waals surface area contributed by atoms with Crippen LogP contribution in [0.1, 0.15) is 12.8 Å². The fourth-order valence-corrected chi connectivity index (χ4v) is 4.00. The number of β-amino-alcohol motifs (C(OH)–C–C–N with tert-alkyl or cyclic N) is 1. The molecule has 1 aliphatic heterocycles. The topological polar surface area (TPSA) is 84.2 Å². The van der Waals surface area contributed by atoms with Gasteiger partial charge in [0.15, 0.2) is 5.82 Å². The number of alkyl halides is 2. The Morgan fingerprint density at radius 3 is 2.88 bits per heavy atom. The lowest BCUT2D eigenvalue weighted by atomic mass is 10.1. The van der Waals surface area contributed by atoms with Crippen molar-refractivity contribution in [3.63, 3.8) is 0 Å². The van der Waals surface area contributed by atoms with Gasteiger partial charge in [-0.05, 0) is 37.6 Å². The van der Waals surface area contributed by atoms with Crippen molar-refractivity contribution >= 4 is 11.5 Å². The van der Waals surface area contributed by atoms with Crippen molar-refractivity contribution in [2.75, 3.05) is 38.7 Å². The zero-order valence-electron chi connectivity index (χ0n) is 17.5. The van der Waals surface area contributed by atoms with Crippen molar-refractivity contribution in [1.82, 2.24) is 19.5 Å². The first-order valence-corrected chi connectivity index (χ1v) is 10.3. The molecule has 172 valence electrons. The van der Waals surface area contributed by atoms with E-state index in [4.69, 9.17) is 4.74 Å². The summed E-state index contributed by atoms with van der Waals surface area (Å²) in [4.78, 5) is 2.14. The summed E-state index contributed by atoms with van der Waals surface area (Å²) in [6, 6.07) is 5.64. The molecule has 4 rings (SSSR count). The molecule has 1 saturated heterocycles. The molecule has 0 radical (unpaired) electrons. The lowest BCUT2D eigenvalue weighted by Gasteiger charge is -2.32. The fourth-order valence-electron chi connectivity index (χ4n) is 4.00. The summed E-state index contributed by atoms with van der Waals surface area (Å²) >= 11 is 0. The average molecular weight is 451 g/mol. The van der Waals surface area contributed by atoms with Gasteiger partial charge >= 0.3 is 6.61 Å². The number of ether oxygens (including phenoxy) is 2. The normalized spacial score (nSPS) is 17.1. The molecule has 3 aromatic rings. The van der Waals surface area contributed by atoms with Crippen LogP contribution in [0.25, 0.3) is 16.8 Å². The lowest BCUT2D eigenvalue weighted by molar-refractivity contribution is -0.0495. The number of piperidine rings is 1. The molecule has 1 aliphatic rings. The number of methoxy groups -OCH3 is 1. The van der Waals surface area contributed by atoms with E-state index in [1.165, 1.54) is 35.9 Å². The van der Waals surface area contributed by atoms with E-state index in [2.05, 4.69) is 25.2 Å². The monoisotopic (exact) mass is 451 g/mol. The molecule has 0 amide bonds. The maximum Gasteiger partial charge on any atom is 0.387 e. The van der Waals surface area contributed by atoms with Gasteiger partial charge in [-0.2, -0.15) is 8.78 Å². The van der Waals surface area contributed by atoms with Crippen LogP contribution in [0.2, 0.25) is 0 Å². The van der Waals surface area contributed by atoms with Crippen molar-refractivity contribution in [3.8, 4) is 22.8 Å². The number of anilines is 1. The standard InChI is InChI=1S/C21H24F3N5O3/c1-31-14-4-5-15(17(11-14)32-20(23)24)18-19-16(22)6-8-29(19)21(27-26-18)25-13-3-2-7-28(12-13)9-10-30/h4-6,8,11,13,20,30H,2-3,7,9-10,12H2,1H3,(H,25,27)/t13-/m1/s1. The molecule has 1 atom stereocenters. The van der Waals surface area contributed by atoms with Crippen molar-refractivity contribution < 1.29 is 27.8 Å². The van der Waals surface area contributed by atoms with Crippen molar-refractivity contribution in [2.24, 2.45) is 0 Å². The predicted octanol–water partition coefficient (Wildman–Crippen LogP) is 3.01. The molecule has 1 aromatic carbocycles. The van der Waals surface area contributed by atoms with Gasteiger partial charge in [-0.25, -0.2) is 4.39 Å². The predicted molar refractivity (Wildman–Crippen MR) is 112 cm³/mol. The molecule has 0 bridgehead atoms. The van der Waals surface area contributed by atoms with E-state index in [-0.39, 0.29) is 35.2 Å². The second-order valence-electron chi connectivity index (χ2n) is 7.50. The molecule has 3 heterocycles. The van der Waals surface area contributed by atoms with E-state index in [0.717, 1.165) is 19.4 Å². The van der Waals surface area contributed by atoms with Gasteiger partial charge in [-0.1, -0.05) is 0 Å². The molecule has 2 N–H and O–H groups in total. The van der Waals surface area contributed by atoms with Crippen LogP contribution in [0.15, 0.2) is 30.5 Å². The van der Waals surface area contributed by atoms with Gasteiger partial charge in [0.1, 0.15) is 22.7 Å². The molecular weight excluding hydrogens is 427 g/mol. The van der Waals surface area contributed by atoms with Gasteiger partial charge in [0.2, 0.25) is 5.95 Å². The molecule has 1 fully saturated rings. The minimum Gasteiger partial charge on any atom is -0.497 e. The number of nitrogens with one attached hydrogen (secondary N) is 1. The molecular formula is C21H24F3N5O3.